The molecule has 0 radical (unpaired) electrons. The third-order valence-corrected chi connectivity index (χ3v) is 13.3. The van der Waals surface area contributed by atoms with E-state index in [0.29, 0.717) is 23.6 Å². The summed E-state index contributed by atoms with van der Waals surface area (Å²) in [5.74, 6) is 0.0601. The molecule has 3 aromatic carbocycles. The molecule has 4 rings (SSSR count). The standard InChI is InChI=1S/C35H43ClO5Si/c1-35(2,3)42(29-14-7-5-8-15-29,30-16-9-6-10-17-30)41-28(25-40-27-13-11-12-26(36)24-27)18-19-31-32(22-23-39-4)34(38)21-20-33(31)37/h5-19,22-24,28,31-34,37-38H,20-21,25H2,1-4H3/b19-18+,23-22+/t28?,31-,32-,33-,34+/m1/s1. The van der Waals surface area contributed by atoms with E-state index in [1.54, 1.807) is 19.4 Å². The maximum absolute atomic E-state index is 11.0. The number of halogens is 1. The van der Waals surface area contributed by atoms with Crippen LogP contribution in [0.15, 0.2) is 109 Å². The molecule has 1 aliphatic rings. The van der Waals surface area contributed by atoms with Crippen LogP contribution >= 0.6 is 11.6 Å². The molecule has 42 heavy (non-hydrogen) atoms. The largest absolute Gasteiger partial charge is 0.505 e. The molecule has 0 spiro atoms. The monoisotopic (exact) mass is 606 g/mol. The van der Waals surface area contributed by atoms with Gasteiger partial charge in [0.2, 0.25) is 0 Å². The van der Waals surface area contributed by atoms with Crippen LogP contribution in [-0.2, 0) is 9.16 Å². The molecule has 224 valence electrons. The van der Waals surface area contributed by atoms with Gasteiger partial charge < -0.3 is 24.1 Å². The summed E-state index contributed by atoms with van der Waals surface area (Å²) in [6.07, 6.45) is 6.82. The van der Waals surface area contributed by atoms with Crippen molar-refractivity contribution in [3.05, 3.63) is 114 Å². The molecule has 7 heteroatoms. The predicted octanol–water partition coefficient (Wildman–Crippen LogP) is 6.13. The molecule has 1 fully saturated rings. The molecule has 0 amide bonds. The molecule has 0 bridgehead atoms. The maximum atomic E-state index is 11.0. The van der Waals surface area contributed by atoms with E-state index in [-0.39, 0.29) is 23.5 Å². The maximum Gasteiger partial charge on any atom is 0.262 e. The van der Waals surface area contributed by atoms with Crippen LogP contribution in [0.5, 0.6) is 5.75 Å². The Labute approximate surface area is 256 Å². The van der Waals surface area contributed by atoms with Gasteiger partial charge >= 0.3 is 0 Å². The first-order valence-electron chi connectivity index (χ1n) is 14.6. The summed E-state index contributed by atoms with van der Waals surface area (Å²) < 4.78 is 18.8. The fourth-order valence-corrected chi connectivity index (χ4v) is 10.8. The number of rotatable bonds is 11. The van der Waals surface area contributed by atoms with Gasteiger partial charge in [-0.1, -0.05) is 111 Å². The van der Waals surface area contributed by atoms with Crippen molar-refractivity contribution in [3.63, 3.8) is 0 Å². The van der Waals surface area contributed by atoms with Crippen molar-refractivity contribution in [2.24, 2.45) is 11.8 Å². The summed E-state index contributed by atoms with van der Waals surface area (Å²) >= 11 is 6.25. The molecule has 0 heterocycles. The summed E-state index contributed by atoms with van der Waals surface area (Å²) in [6, 6.07) is 28.3. The third-order valence-electron chi connectivity index (χ3n) is 8.03. The summed E-state index contributed by atoms with van der Waals surface area (Å²) in [5.41, 5.74) is 0. The van der Waals surface area contributed by atoms with E-state index in [9.17, 15) is 10.2 Å². The van der Waals surface area contributed by atoms with Crippen molar-refractivity contribution in [1.29, 1.82) is 0 Å². The number of ether oxygens (including phenoxy) is 2. The first-order chi connectivity index (χ1) is 20.2. The molecule has 5 nitrogen and oxygen atoms in total. The van der Waals surface area contributed by atoms with Gasteiger partial charge in [-0.25, -0.2) is 0 Å². The molecule has 1 saturated carbocycles. The van der Waals surface area contributed by atoms with Crippen molar-refractivity contribution in [1.82, 2.24) is 0 Å². The van der Waals surface area contributed by atoms with Gasteiger partial charge in [-0.15, -0.1) is 0 Å². The minimum Gasteiger partial charge on any atom is -0.505 e. The Morgan fingerprint density at radius 2 is 1.43 bits per heavy atom. The van der Waals surface area contributed by atoms with E-state index in [1.165, 1.54) is 10.4 Å². The molecule has 0 aliphatic heterocycles. The van der Waals surface area contributed by atoms with Gasteiger partial charge in [-0.3, -0.25) is 0 Å². The van der Waals surface area contributed by atoms with Gasteiger partial charge in [-0.05, 0) is 52.5 Å². The SMILES string of the molecule is CO/C=C/[C@@H]1[C@@H](/C=C/C(COc2cccc(Cl)c2)O[Si](c2ccccc2)(c2ccccc2)C(C)(C)C)[C@H](O)CC[C@@H]1O. The van der Waals surface area contributed by atoms with Crippen molar-refractivity contribution in [2.75, 3.05) is 13.7 Å². The normalized spacial score (nSPS) is 22.4. The zero-order valence-corrected chi connectivity index (χ0v) is 26.7. The molecule has 3 aromatic rings. The quantitative estimate of drug-likeness (QED) is 0.156. The van der Waals surface area contributed by atoms with E-state index in [0.717, 1.165) is 0 Å². The average Bonchev–Trinajstić information content (AvgIpc) is 2.98. The molecule has 1 aliphatic carbocycles. The minimum absolute atomic E-state index is 0.234. The van der Waals surface area contributed by atoms with E-state index in [2.05, 4.69) is 69.3 Å². The second-order valence-corrected chi connectivity index (χ2v) is 16.6. The van der Waals surface area contributed by atoms with Crippen LogP contribution < -0.4 is 15.1 Å². The van der Waals surface area contributed by atoms with Gasteiger partial charge in [0.1, 0.15) is 12.4 Å². The van der Waals surface area contributed by atoms with Crippen molar-refractivity contribution in [2.45, 2.75) is 57.0 Å². The Morgan fingerprint density at radius 1 is 0.857 bits per heavy atom. The number of aliphatic hydroxyl groups excluding tert-OH is 2. The van der Waals surface area contributed by atoms with Crippen molar-refractivity contribution < 1.29 is 24.1 Å². The zero-order valence-electron chi connectivity index (χ0n) is 24.9. The van der Waals surface area contributed by atoms with Gasteiger partial charge in [0, 0.05) is 16.9 Å². The van der Waals surface area contributed by atoms with Crippen molar-refractivity contribution in [3.8, 4) is 5.75 Å². The Hall–Kier alpha value is -2.87. The lowest BCUT2D eigenvalue weighted by Crippen LogP contribution is -2.68. The summed E-state index contributed by atoms with van der Waals surface area (Å²) in [7, 11) is -1.34. The Morgan fingerprint density at radius 3 is 1.95 bits per heavy atom. The number of hydrogen-bond acceptors (Lipinski definition) is 5. The van der Waals surface area contributed by atoms with Crippen LogP contribution in [0.2, 0.25) is 10.1 Å². The Kier molecular flexibility index (Phi) is 11.1. The van der Waals surface area contributed by atoms with Crippen LogP contribution in [-0.4, -0.2) is 50.6 Å². The fourth-order valence-electron chi connectivity index (χ4n) is 5.96. The Bertz CT molecular complexity index is 1270. The summed E-state index contributed by atoms with van der Waals surface area (Å²) in [6.45, 7) is 6.96. The molecule has 5 atom stereocenters. The predicted molar refractivity (Wildman–Crippen MR) is 173 cm³/mol. The highest BCUT2D eigenvalue weighted by Gasteiger charge is 2.51. The highest BCUT2D eigenvalue weighted by Crippen LogP contribution is 2.38. The number of hydrogen-bond donors (Lipinski definition) is 2. The Balaban J connectivity index is 1.78. The second kappa shape index (κ2) is 14.5. The first-order valence-corrected chi connectivity index (χ1v) is 16.9. The van der Waals surface area contributed by atoms with Gasteiger partial charge in [0.25, 0.3) is 8.32 Å². The van der Waals surface area contributed by atoms with Crippen molar-refractivity contribution >= 4 is 30.3 Å². The van der Waals surface area contributed by atoms with Crippen LogP contribution in [0, 0.1) is 11.8 Å². The van der Waals surface area contributed by atoms with Crippen LogP contribution in [0.4, 0.5) is 0 Å². The smallest absolute Gasteiger partial charge is 0.262 e. The van der Waals surface area contributed by atoms with E-state index in [1.807, 2.05) is 48.6 Å². The molecule has 2 N–H and O–H groups in total. The molecule has 0 aromatic heterocycles. The lowest BCUT2D eigenvalue weighted by Gasteiger charge is -2.44. The second-order valence-electron chi connectivity index (χ2n) is 11.9. The number of methoxy groups -OCH3 is 1. The number of benzene rings is 3. The molecular formula is C35H43ClO5Si. The minimum atomic E-state index is -2.92. The van der Waals surface area contributed by atoms with Gasteiger partial charge in [-0.2, -0.15) is 0 Å². The summed E-state index contributed by atoms with van der Waals surface area (Å²) in [4.78, 5) is 0. The van der Waals surface area contributed by atoms with Crippen LogP contribution in [0.3, 0.4) is 0 Å². The number of aliphatic hydroxyl groups is 2. The fraction of sp³-hybridized carbons (Fsp3) is 0.371. The van der Waals surface area contributed by atoms with Gasteiger partial charge in [0.15, 0.2) is 0 Å². The van der Waals surface area contributed by atoms with Crippen LogP contribution in [0.1, 0.15) is 33.6 Å². The highest BCUT2D eigenvalue weighted by molar-refractivity contribution is 6.99. The average molecular weight is 607 g/mol. The molecular weight excluding hydrogens is 564 g/mol. The first kappa shape index (κ1) is 32.0. The van der Waals surface area contributed by atoms with E-state index >= 15 is 0 Å². The molecule has 1 unspecified atom stereocenters. The lowest BCUT2D eigenvalue weighted by atomic mass is 9.75. The summed E-state index contributed by atoms with van der Waals surface area (Å²) in [5, 5.41) is 24.5. The molecule has 0 saturated heterocycles. The zero-order chi connectivity index (χ0) is 30.2. The third kappa shape index (κ3) is 7.55. The van der Waals surface area contributed by atoms with Gasteiger partial charge in [0.05, 0.1) is 31.7 Å². The topological polar surface area (TPSA) is 68.2 Å². The lowest BCUT2D eigenvalue weighted by molar-refractivity contribution is -0.00798. The van der Waals surface area contributed by atoms with Crippen LogP contribution in [0.25, 0.3) is 0 Å². The van der Waals surface area contributed by atoms with E-state index in [4.69, 9.17) is 25.5 Å². The van der Waals surface area contributed by atoms with E-state index < -0.39 is 26.6 Å². The highest BCUT2D eigenvalue weighted by atomic mass is 35.5.